The zero-order valence-corrected chi connectivity index (χ0v) is 16.2. The Morgan fingerprint density at radius 2 is 1.88 bits per heavy atom. The molecule has 0 spiro atoms. The lowest BCUT2D eigenvalue weighted by atomic mass is 9.84. The highest BCUT2D eigenvalue weighted by atomic mass is 32.2. The number of fused-ring (bicyclic) bond motifs is 2. The van der Waals surface area contributed by atoms with Crippen LogP contribution in [0.1, 0.15) is 25.7 Å². The summed E-state index contributed by atoms with van der Waals surface area (Å²) in [6.07, 6.45) is 5.31. The fourth-order valence-corrected chi connectivity index (χ4v) is 4.97. The van der Waals surface area contributed by atoms with Crippen LogP contribution in [0.2, 0.25) is 0 Å². The first-order valence-electron chi connectivity index (χ1n) is 9.21. The van der Waals surface area contributed by atoms with Gasteiger partial charge in [-0.05, 0) is 61.8 Å². The molecule has 3 rings (SSSR count). The standard InChI is InChI=1S/C19H28N2O4S/c1-21(19(22)17-13-4-5-14(12-13)18(17)20)10-3-11-25-15-6-8-16(9-7-15)26(2,23)24/h6-9,13-14,17-18H,3-5,10-12,20H2,1-2H3. The molecule has 0 aliphatic heterocycles. The van der Waals surface area contributed by atoms with Gasteiger partial charge in [-0.1, -0.05) is 0 Å². The number of sulfone groups is 1. The summed E-state index contributed by atoms with van der Waals surface area (Å²) < 4.78 is 28.5. The molecule has 26 heavy (non-hydrogen) atoms. The number of amides is 1. The number of hydrogen-bond donors (Lipinski definition) is 1. The first kappa shape index (κ1) is 19.2. The highest BCUT2D eigenvalue weighted by molar-refractivity contribution is 7.90. The predicted molar refractivity (Wildman–Crippen MR) is 99.6 cm³/mol. The van der Waals surface area contributed by atoms with E-state index in [1.165, 1.54) is 24.8 Å². The maximum atomic E-state index is 12.7. The number of benzene rings is 1. The van der Waals surface area contributed by atoms with Gasteiger partial charge < -0.3 is 15.4 Å². The van der Waals surface area contributed by atoms with Gasteiger partial charge in [0.1, 0.15) is 5.75 Å². The summed E-state index contributed by atoms with van der Waals surface area (Å²) in [4.78, 5) is 14.7. The van der Waals surface area contributed by atoms with Crippen LogP contribution < -0.4 is 10.5 Å². The third-order valence-electron chi connectivity index (χ3n) is 5.80. The topological polar surface area (TPSA) is 89.7 Å². The Balaban J connectivity index is 1.43. The first-order valence-corrected chi connectivity index (χ1v) is 11.1. The number of ether oxygens (including phenoxy) is 1. The van der Waals surface area contributed by atoms with E-state index in [9.17, 15) is 13.2 Å². The second kappa shape index (κ2) is 7.56. The molecule has 2 fully saturated rings. The summed E-state index contributed by atoms with van der Waals surface area (Å²) in [6.45, 7) is 1.10. The molecule has 0 radical (unpaired) electrons. The summed E-state index contributed by atoms with van der Waals surface area (Å²) in [5, 5.41) is 0. The Morgan fingerprint density at radius 3 is 2.46 bits per heavy atom. The molecule has 2 bridgehead atoms. The molecular formula is C19H28N2O4S. The van der Waals surface area contributed by atoms with Crippen molar-refractivity contribution in [2.24, 2.45) is 23.5 Å². The van der Waals surface area contributed by atoms with E-state index in [4.69, 9.17) is 10.5 Å². The third-order valence-corrected chi connectivity index (χ3v) is 6.93. The van der Waals surface area contributed by atoms with Gasteiger partial charge in [-0.2, -0.15) is 0 Å². The average Bonchev–Trinajstić information content (AvgIpc) is 3.18. The smallest absolute Gasteiger partial charge is 0.227 e. The monoisotopic (exact) mass is 380 g/mol. The fraction of sp³-hybridized carbons (Fsp3) is 0.632. The molecule has 7 heteroatoms. The number of carbonyl (C=O) groups is 1. The minimum Gasteiger partial charge on any atom is -0.494 e. The van der Waals surface area contributed by atoms with E-state index in [0.717, 1.165) is 12.8 Å². The zero-order chi connectivity index (χ0) is 18.9. The van der Waals surface area contributed by atoms with Gasteiger partial charge in [0, 0.05) is 25.9 Å². The van der Waals surface area contributed by atoms with Crippen molar-refractivity contribution in [3.8, 4) is 5.75 Å². The van der Waals surface area contributed by atoms with Crippen molar-refractivity contribution in [3.63, 3.8) is 0 Å². The maximum Gasteiger partial charge on any atom is 0.227 e. The van der Waals surface area contributed by atoms with E-state index >= 15 is 0 Å². The lowest BCUT2D eigenvalue weighted by molar-refractivity contribution is -0.136. The highest BCUT2D eigenvalue weighted by Gasteiger charge is 2.49. The van der Waals surface area contributed by atoms with Crippen LogP contribution >= 0.6 is 0 Å². The fourth-order valence-electron chi connectivity index (χ4n) is 4.34. The quantitative estimate of drug-likeness (QED) is 0.727. The van der Waals surface area contributed by atoms with Crippen molar-refractivity contribution >= 4 is 15.7 Å². The van der Waals surface area contributed by atoms with Crippen molar-refractivity contribution < 1.29 is 17.9 Å². The summed E-state index contributed by atoms with van der Waals surface area (Å²) in [6, 6.07) is 6.40. The van der Waals surface area contributed by atoms with Crippen LogP contribution in [-0.4, -0.2) is 51.7 Å². The van der Waals surface area contributed by atoms with Gasteiger partial charge >= 0.3 is 0 Å². The van der Waals surface area contributed by atoms with Crippen LogP contribution in [0.25, 0.3) is 0 Å². The van der Waals surface area contributed by atoms with E-state index < -0.39 is 9.84 Å². The van der Waals surface area contributed by atoms with E-state index in [0.29, 0.717) is 37.2 Å². The van der Waals surface area contributed by atoms with Gasteiger partial charge in [0.25, 0.3) is 0 Å². The number of carbonyl (C=O) groups excluding carboxylic acids is 1. The van der Waals surface area contributed by atoms with Crippen LogP contribution in [0.15, 0.2) is 29.2 Å². The molecule has 0 aromatic heterocycles. The van der Waals surface area contributed by atoms with E-state index in [-0.39, 0.29) is 22.8 Å². The Labute approximate surface area is 155 Å². The van der Waals surface area contributed by atoms with Gasteiger partial charge in [-0.25, -0.2) is 8.42 Å². The largest absolute Gasteiger partial charge is 0.494 e. The highest BCUT2D eigenvalue weighted by Crippen LogP contribution is 2.48. The molecule has 1 aromatic rings. The maximum absolute atomic E-state index is 12.7. The van der Waals surface area contributed by atoms with Crippen molar-refractivity contribution in [1.29, 1.82) is 0 Å². The summed E-state index contributed by atoms with van der Waals surface area (Å²) >= 11 is 0. The lowest BCUT2D eigenvalue weighted by Crippen LogP contribution is -2.46. The molecule has 1 amide bonds. The average molecular weight is 381 g/mol. The van der Waals surface area contributed by atoms with Crippen molar-refractivity contribution in [1.82, 2.24) is 4.90 Å². The Bertz CT molecular complexity index is 745. The molecule has 0 saturated heterocycles. The molecule has 144 valence electrons. The van der Waals surface area contributed by atoms with Gasteiger partial charge in [0.15, 0.2) is 9.84 Å². The summed E-state index contributed by atoms with van der Waals surface area (Å²) in [7, 11) is -1.36. The first-order chi connectivity index (χ1) is 12.3. The van der Waals surface area contributed by atoms with Crippen molar-refractivity contribution in [2.75, 3.05) is 26.5 Å². The van der Waals surface area contributed by atoms with Gasteiger partial charge in [-0.3, -0.25) is 4.79 Å². The molecule has 2 N–H and O–H groups in total. The SMILES string of the molecule is CN(CCCOc1ccc(S(C)(=O)=O)cc1)C(=O)C1C2CCC(C2)C1N. The second-order valence-corrected chi connectivity index (χ2v) is 9.66. The molecule has 4 unspecified atom stereocenters. The Kier molecular flexibility index (Phi) is 5.58. The Morgan fingerprint density at radius 1 is 1.23 bits per heavy atom. The molecule has 2 aliphatic carbocycles. The van der Waals surface area contributed by atoms with Crippen LogP contribution in [0.3, 0.4) is 0 Å². The minimum atomic E-state index is -3.19. The zero-order valence-electron chi connectivity index (χ0n) is 15.4. The predicted octanol–water partition coefficient (Wildman–Crippen LogP) is 1.69. The van der Waals surface area contributed by atoms with E-state index in [1.807, 2.05) is 7.05 Å². The van der Waals surface area contributed by atoms with Gasteiger partial charge in [-0.15, -0.1) is 0 Å². The van der Waals surface area contributed by atoms with Gasteiger partial charge in [0.05, 0.1) is 17.4 Å². The molecule has 6 nitrogen and oxygen atoms in total. The number of nitrogens with zero attached hydrogens (tertiary/aromatic N) is 1. The normalized spacial score (nSPS) is 27.5. The molecule has 4 atom stereocenters. The van der Waals surface area contributed by atoms with E-state index in [1.54, 1.807) is 17.0 Å². The van der Waals surface area contributed by atoms with Crippen molar-refractivity contribution in [3.05, 3.63) is 24.3 Å². The number of hydrogen-bond acceptors (Lipinski definition) is 5. The van der Waals surface area contributed by atoms with Crippen molar-refractivity contribution in [2.45, 2.75) is 36.6 Å². The molecule has 0 heterocycles. The van der Waals surface area contributed by atoms with Crippen LogP contribution in [0, 0.1) is 17.8 Å². The number of nitrogens with two attached hydrogens (primary N) is 1. The van der Waals surface area contributed by atoms with Crippen LogP contribution in [0.4, 0.5) is 0 Å². The molecule has 2 saturated carbocycles. The molecule has 1 aromatic carbocycles. The third kappa shape index (κ3) is 4.04. The van der Waals surface area contributed by atoms with Gasteiger partial charge in [0.2, 0.25) is 5.91 Å². The number of rotatable bonds is 7. The summed E-state index contributed by atoms with van der Waals surface area (Å²) in [5.74, 6) is 1.78. The van der Waals surface area contributed by atoms with E-state index in [2.05, 4.69) is 0 Å². The minimum absolute atomic E-state index is 0.0109. The molecular weight excluding hydrogens is 352 g/mol. The van der Waals surface area contributed by atoms with Crippen LogP contribution in [-0.2, 0) is 14.6 Å². The molecule has 2 aliphatic rings. The lowest BCUT2D eigenvalue weighted by Gasteiger charge is -2.30. The Hall–Kier alpha value is -1.60. The van der Waals surface area contributed by atoms with Crippen LogP contribution in [0.5, 0.6) is 5.75 Å². The second-order valence-electron chi connectivity index (χ2n) is 7.64. The summed E-state index contributed by atoms with van der Waals surface area (Å²) in [5.41, 5.74) is 6.26.